The second-order valence-electron chi connectivity index (χ2n) is 7.71. The summed E-state index contributed by atoms with van der Waals surface area (Å²) in [7, 11) is 0. The van der Waals surface area contributed by atoms with Gasteiger partial charge in [0.2, 0.25) is 5.91 Å². The highest BCUT2D eigenvalue weighted by Gasteiger charge is 2.23. The Labute approximate surface area is 181 Å². The summed E-state index contributed by atoms with van der Waals surface area (Å²) in [5.74, 6) is 0.900. The predicted octanol–water partition coefficient (Wildman–Crippen LogP) is 3.45. The van der Waals surface area contributed by atoms with E-state index in [1.807, 2.05) is 47.4 Å². The van der Waals surface area contributed by atoms with Gasteiger partial charge in [0, 0.05) is 55.4 Å². The van der Waals surface area contributed by atoms with E-state index < -0.39 is 0 Å². The SMILES string of the molecule is O=C1CCc2cc(C(=O)N3CCN(CCCOc4cccc(Cl)c4)CC3)ccc2N1. The first kappa shape index (κ1) is 20.7. The van der Waals surface area contributed by atoms with Crippen molar-refractivity contribution in [3.05, 3.63) is 58.6 Å². The topological polar surface area (TPSA) is 61.9 Å². The number of hydrogen-bond acceptors (Lipinski definition) is 4. The van der Waals surface area contributed by atoms with Crippen LogP contribution in [-0.4, -0.2) is 60.9 Å². The van der Waals surface area contributed by atoms with Crippen molar-refractivity contribution in [2.45, 2.75) is 19.3 Å². The zero-order valence-corrected chi connectivity index (χ0v) is 17.7. The quantitative estimate of drug-likeness (QED) is 0.717. The van der Waals surface area contributed by atoms with Gasteiger partial charge in [-0.3, -0.25) is 14.5 Å². The molecule has 2 heterocycles. The standard InChI is InChI=1S/C23H26ClN3O3/c24-19-3-1-4-20(16-19)30-14-2-9-26-10-12-27(13-11-26)23(29)18-5-7-21-17(15-18)6-8-22(28)25-21/h1,3-5,7,15-16H,2,6,8-14H2,(H,25,28). The molecule has 0 aromatic heterocycles. The van der Waals surface area contributed by atoms with Crippen molar-refractivity contribution in [2.24, 2.45) is 0 Å². The fraction of sp³-hybridized carbons (Fsp3) is 0.391. The van der Waals surface area contributed by atoms with Crippen molar-refractivity contribution in [3.63, 3.8) is 0 Å². The van der Waals surface area contributed by atoms with Crippen molar-refractivity contribution in [1.82, 2.24) is 9.80 Å². The molecule has 30 heavy (non-hydrogen) atoms. The number of amides is 2. The molecule has 1 saturated heterocycles. The van der Waals surface area contributed by atoms with Gasteiger partial charge in [-0.2, -0.15) is 0 Å². The molecule has 0 bridgehead atoms. The van der Waals surface area contributed by atoms with E-state index in [2.05, 4.69) is 10.2 Å². The molecular formula is C23H26ClN3O3. The van der Waals surface area contributed by atoms with E-state index in [4.69, 9.17) is 16.3 Å². The lowest BCUT2D eigenvalue weighted by Gasteiger charge is -2.35. The number of nitrogens with zero attached hydrogens (tertiary/aromatic N) is 2. The van der Waals surface area contributed by atoms with Crippen LogP contribution in [0.1, 0.15) is 28.8 Å². The number of rotatable bonds is 6. The van der Waals surface area contributed by atoms with Crippen LogP contribution in [0.15, 0.2) is 42.5 Å². The summed E-state index contributed by atoms with van der Waals surface area (Å²) >= 11 is 5.97. The molecule has 0 unspecified atom stereocenters. The molecule has 4 rings (SSSR count). The lowest BCUT2D eigenvalue weighted by molar-refractivity contribution is -0.116. The highest BCUT2D eigenvalue weighted by Crippen LogP contribution is 2.24. The van der Waals surface area contributed by atoms with Crippen molar-refractivity contribution < 1.29 is 14.3 Å². The number of ether oxygens (including phenoxy) is 1. The first-order chi connectivity index (χ1) is 14.6. The molecule has 0 saturated carbocycles. The van der Waals surface area contributed by atoms with E-state index in [-0.39, 0.29) is 11.8 Å². The minimum Gasteiger partial charge on any atom is -0.493 e. The van der Waals surface area contributed by atoms with Crippen molar-refractivity contribution in [3.8, 4) is 5.75 Å². The molecule has 7 heteroatoms. The fourth-order valence-corrected chi connectivity index (χ4v) is 4.09. The summed E-state index contributed by atoms with van der Waals surface area (Å²) in [6.07, 6.45) is 2.09. The number of aryl methyl sites for hydroxylation is 1. The van der Waals surface area contributed by atoms with E-state index in [0.29, 0.717) is 30.0 Å². The van der Waals surface area contributed by atoms with Gasteiger partial charge >= 0.3 is 0 Å². The Morgan fingerprint density at radius 3 is 2.70 bits per heavy atom. The van der Waals surface area contributed by atoms with Gasteiger partial charge in [-0.15, -0.1) is 0 Å². The Balaban J connectivity index is 1.21. The average Bonchev–Trinajstić information content (AvgIpc) is 2.76. The highest BCUT2D eigenvalue weighted by atomic mass is 35.5. The van der Waals surface area contributed by atoms with Crippen LogP contribution in [0.25, 0.3) is 0 Å². The average molecular weight is 428 g/mol. The molecule has 0 aliphatic carbocycles. The zero-order chi connectivity index (χ0) is 20.9. The molecule has 2 aromatic carbocycles. The van der Waals surface area contributed by atoms with E-state index in [1.165, 1.54) is 0 Å². The molecule has 2 aromatic rings. The van der Waals surface area contributed by atoms with E-state index in [0.717, 1.165) is 56.1 Å². The van der Waals surface area contributed by atoms with Crippen molar-refractivity contribution >= 4 is 29.1 Å². The third-order valence-corrected chi connectivity index (χ3v) is 5.83. The summed E-state index contributed by atoms with van der Waals surface area (Å²) in [5.41, 5.74) is 2.57. The van der Waals surface area contributed by atoms with Gasteiger partial charge in [-0.1, -0.05) is 17.7 Å². The van der Waals surface area contributed by atoms with Crippen LogP contribution in [0.4, 0.5) is 5.69 Å². The summed E-state index contributed by atoms with van der Waals surface area (Å²) in [6, 6.07) is 13.0. The molecule has 1 fully saturated rings. The van der Waals surface area contributed by atoms with Crippen LogP contribution >= 0.6 is 11.6 Å². The minimum absolute atomic E-state index is 0.0377. The maximum atomic E-state index is 12.9. The Morgan fingerprint density at radius 2 is 1.90 bits per heavy atom. The van der Waals surface area contributed by atoms with E-state index >= 15 is 0 Å². The molecule has 0 spiro atoms. The number of benzene rings is 2. The smallest absolute Gasteiger partial charge is 0.253 e. The zero-order valence-electron chi connectivity index (χ0n) is 16.9. The van der Waals surface area contributed by atoms with Gasteiger partial charge in [-0.25, -0.2) is 0 Å². The predicted molar refractivity (Wildman–Crippen MR) is 117 cm³/mol. The van der Waals surface area contributed by atoms with Gasteiger partial charge < -0.3 is 15.0 Å². The first-order valence-electron chi connectivity index (χ1n) is 10.4. The molecular weight excluding hydrogens is 402 g/mol. The maximum Gasteiger partial charge on any atom is 0.253 e. The molecule has 0 atom stereocenters. The normalized spacial score (nSPS) is 16.7. The Bertz CT molecular complexity index is 926. The van der Waals surface area contributed by atoms with Crippen LogP contribution in [0.5, 0.6) is 5.75 Å². The van der Waals surface area contributed by atoms with Gasteiger partial charge in [0.05, 0.1) is 6.61 Å². The third kappa shape index (κ3) is 5.12. The van der Waals surface area contributed by atoms with Crippen LogP contribution in [0.3, 0.4) is 0 Å². The lowest BCUT2D eigenvalue weighted by Crippen LogP contribution is -2.49. The fourth-order valence-electron chi connectivity index (χ4n) is 3.91. The Kier molecular flexibility index (Phi) is 6.55. The lowest BCUT2D eigenvalue weighted by atomic mass is 10.00. The largest absolute Gasteiger partial charge is 0.493 e. The minimum atomic E-state index is 0.0377. The number of fused-ring (bicyclic) bond motifs is 1. The van der Waals surface area contributed by atoms with Gasteiger partial charge in [0.15, 0.2) is 0 Å². The second-order valence-corrected chi connectivity index (χ2v) is 8.15. The third-order valence-electron chi connectivity index (χ3n) is 5.59. The van der Waals surface area contributed by atoms with Crippen molar-refractivity contribution in [2.75, 3.05) is 44.6 Å². The summed E-state index contributed by atoms with van der Waals surface area (Å²) in [5, 5.41) is 3.54. The molecule has 6 nitrogen and oxygen atoms in total. The van der Waals surface area contributed by atoms with Gasteiger partial charge in [0.25, 0.3) is 5.91 Å². The van der Waals surface area contributed by atoms with Crippen LogP contribution in [0.2, 0.25) is 5.02 Å². The molecule has 2 aliphatic rings. The first-order valence-corrected chi connectivity index (χ1v) is 10.8. The molecule has 158 valence electrons. The number of hydrogen-bond donors (Lipinski definition) is 1. The number of anilines is 1. The van der Waals surface area contributed by atoms with E-state index in [1.54, 1.807) is 0 Å². The number of piperazine rings is 1. The van der Waals surface area contributed by atoms with Gasteiger partial charge in [-0.05, 0) is 54.8 Å². The summed E-state index contributed by atoms with van der Waals surface area (Å²) < 4.78 is 5.75. The monoisotopic (exact) mass is 427 g/mol. The second kappa shape index (κ2) is 9.49. The van der Waals surface area contributed by atoms with E-state index in [9.17, 15) is 9.59 Å². The molecule has 0 radical (unpaired) electrons. The van der Waals surface area contributed by atoms with Crippen molar-refractivity contribution in [1.29, 1.82) is 0 Å². The molecule has 1 N–H and O–H groups in total. The molecule has 2 amide bonds. The van der Waals surface area contributed by atoms with Crippen LogP contribution < -0.4 is 10.1 Å². The number of nitrogens with one attached hydrogen (secondary N) is 1. The highest BCUT2D eigenvalue weighted by molar-refractivity contribution is 6.30. The number of carbonyl (C=O) groups excluding carboxylic acids is 2. The number of halogens is 1. The van der Waals surface area contributed by atoms with Crippen LogP contribution in [-0.2, 0) is 11.2 Å². The maximum absolute atomic E-state index is 12.9. The van der Waals surface area contributed by atoms with Crippen LogP contribution in [0, 0.1) is 0 Å². The molecule has 2 aliphatic heterocycles. The summed E-state index contributed by atoms with van der Waals surface area (Å²) in [6.45, 7) is 4.77. The number of carbonyl (C=O) groups is 2. The summed E-state index contributed by atoms with van der Waals surface area (Å²) in [4.78, 5) is 28.7. The van der Waals surface area contributed by atoms with Gasteiger partial charge in [0.1, 0.15) is 5.75 Å². The Morgan fingerprint density at radius 1 is 1.07 bits per heavy atom. The Hall–Kier alpha value is -2.57.